The molecule has 0 unspecified atom stereocenters. The van der Waals surface area contributed by atoms with E-state index in [1.807, 2.05) is 0 Å². The first kappa shape index (κ1) is 17.7. The summed E-state index contributed by atoms with van der Waals surface area (Å²) in [5.41, 5.74) is -0.480. The summed E-state index contributed by atoms with van der Waals surface area (Å²) in [4.78, 5) is 10.3. The van der Waals surface area contributed by atoms with E-state index in [1.54, 1.807) is 0 Å². The first-order chi connectivity index (χ1) is 10.6. The molecule has 0 atom stereocenters. The Morgan fingerprint density at radius 1 is 1.00 bits per heavy atom. The van der Waals surface area contributed by atoms with Gasteiger partial charge < -0.3 is 4.74 Å². The largest absolute Gasteiger partial charge is 0.573 e. The van der Waals surface area contributed by atoms with Gasteiger partial charge in [-0.3, -0.25) is 10.1 Å². The Bertz CT molecular complexity index is 781. The van der Waals surface area contributed by atoms with Crippen LogP contribution in [0.5, 0.6) is 5.75 Å². The molecule has 4 nitrogen and oxygen atoms in total. The summed E-state index contributed by atoms with van der Waals surface area (Å²) in [6.07, 6.45) is -4.96. The second-order valence-electron chi connectivity index (χ2n) is 4.21. The normalized spacial score (nSPS) is 11.4. The second kappa shape index (κ2) is 6.43. The number of nitrogens with zero attached hydrogens (tertiary/aromatic N) is 1. The first-order valence-electron chi connectivity index (χ1n) is 5.78. The molecule has 2 aromatic rings. The summed E-state index contributed by atoms with van der Waals surface area (Å²) in [6.45, 7) is 0. The zero-order valence-corrected chi connectivity index (χ0v) is 13.1. The van der Waals surface area contributed by atoms with Gasteiger partial charge in [0.15, 0.2) is 0 Å². The van der Waals surface area contributed by atoms with Gasteiger partial charge >= 0.3 is 6.36 Å². The number of benzene rings is 2. The van der Waals surface area contributed by atoms with E-state index in [2.05, 4.69) is 4.74 Å². The molecule has 0 radical (unpaired) electrons. The van der Waals surface area contributed by atoms with Crippen molar-refractivity contribution in [3.63, 3.8) is 0 Å². The Morgan fingerprint density at radius 3 is 2.17 bits per heavy atom. The number of hydrogen-bond acceptors (Lipinski definition) is 3. The van der Waals surface area contributed by atoms with Crippen LogP contribution in [-0.2, 0) is 0 Å². The van der Waals surface area contributed by atoms with Crippen LogP contribution in [0.4, 0.5) is 18.9 Å². The van der Waals surface area contributed by atoms with Crippen molar-refractivity contribution in [3.8, 4) is 16.9 Å². The molecule has 0 bridgehead atoms. The quantitative estimate of drug-likeness (QED) is 0.363. The number of nitro groups is 1. The minimum Gasteiger partial charge on any atom is -0.406 e. The molecule has 2 aromatic carbocycles. The van der Waals surface area contributed by atoms with Crippen molar-refractivity contribution in [3.05, 3.63) is 55.5 Å². The number of rotatable bonds is 3. The molecule has 0 fully saturated rings. The molecule has 0 aromatic heterocycles. The van der Waals surface area contributed by atoms with Gasteiger partial charge in [0.2, 0.25) is 0 Å². The lowest BCUT2D eigenvalue weighted by molar-refractivity contribution is -0.384. The summed E-state index contributed by atoms with van der Waals surface area (Å²) >= 11 is 17.7. The number of ether oxygens (including phenoxy) is 1. The van der Waals surface area contributed by atoms with Gasteiger partial charge in [-0.1, -0.05) is 40.9 Å². The van der Waals surface area contributed by atoms with Gasteiger partial charge in [0.25, 0.3) is 5.69 Å². The highest BCUT2D eigenvalue weighted by atomic mass is 35.5. The van der Waals surface area contributed by atoms with Crippen LogP contribution in [0.25, 0.3) is 11.1 Å². The Labute approximate surface area is 142 Å². The predicted molar refractivity (Wildman–Crippen MR) is 80.2 cm³/mol. The fourth-order valence-electron chi connectivity index (χ4n) is 1.82. The number of halogens is 6. The highest BCUT2D eigenvalue weighted by Gasteiger charge is 2.32. The van der Waals surface area contributed by atoms with E-state index in [1.165, 1.54) is 12.1 Å². The molecule has 0 saturated carbocycles. The fourth-order valence-corrected chi connectivity index (χ4v) is 2.46. The van der Waals surface area contributed by atoms with Crippen molar-refractivity contribution < 1.29 is 22.8 Å². The zero-order valence-electron chi connectivity index (χ0n) is 10.8. The van der Waals surface area contributed by atoms with Crippen molar-refractivity contribution in [1.82, 2.24) is 0 Å². The van der Waals surface area contributed by atoms with Crippen LogP contribution >= 0.6 is 34.8 Å². The van der Waals surface area contributed by atoms with E-state index >= 15 is 0 Å². The molecule has 0 spiro atoms. The van der Waals surface area contributed by atoms with Crippen molar-refractivity contribution >= 4 is 40.5 Å². The SMILES string of the molecule is O=[N+]([O-])c1cc(OC(F)(F)F)ccc1-c1ccc(Cl)c(Cl)c1Cl. The Morgan fingerprint density at radius 2 is 1.61 bits per heavy atom. The molecule has 0 aliphatic carbocycles. The minimum atomic E-state index is -4.96. The van der Waals surface area contributed by atoms with Crippen LogP contribution in [0, 0.1) is 10.1 Å². The molecule has 0 saturated heterocycles. The topological polar surface area (TPSA) is 52.4 Å². The Kier molecular flexibility index (Phi) is 4.93. The van der Waals surface area contributed by atoms with Crippen LogP contribution in [0.2, 0.25) is 15.1 Å². The standard InChI is InChI=1S/C13H5Cl3F3NO3/c14-9-4-3-8(11(15)12(9)16)7-2-1-6(23-13(17,18)19)5-10(7)20(21)22/h1-5H. The molecule has 0 aliphatic heterocycles. The highest BCUT2D eigenvalue weighted by molar-refractivity contribution is 6.49. The third-order valence-corrected chi connectivity index (χ3v) is 4.02. The number of alkyl halides is 3. The monoisotopic (exact) mass is 385 g/mol. The van der Waals surface area contributed by atoms with Crippen molar-refractivity contribution in [2.45, 2.75) is 6.36 Å². The number of hydrogen-bond donors (Lipinski definition) is 0. The van der Waals surface area contributed by atoms with E-state index in [9.17, 15) is 23.3 Å². The van der Waals surface area contributed by atoms with Gasteiger partial charge in [-0.05, 0) is 18.2 Å². The molecule has 122 valence electrons. The third-order valence-electron chi connectivity index (χ3n) is 2.72. The third kappa shape index (κ3) is 3.99. The van der Waals surface area contributed by atoms with Crippen molar-refractivity contribution in [1.29, 1.82) is 0 Å². The van der Waals surface area contributed by atoms with Gasteiger partial charge in [-0.15, -0.1) is 13.2 Å². The summed E-state index contributed by atoms with van der Waals surface area (Å²) in [7, 11) is 0. The molecule has 0 aliphatic rings. The maximum Gasteiger partial charge on any atom is 0.573 e. The van der Waals surface area contributed by atoms with Crippen molar-refractivity contribution in [2.75, 3.05) is 0 Å². The summed E-state index contributed by atoms with van der Waals surface area (Å²) in [6, 6.07) is 5.43. The van der Waals surface area contributed by atoms with E-state index in [4.69, 9.17) is 34.8 Å². The zero-order chi connectivity index (χ0) is 17.4. The number of nitro benzene ring substituents is 1. The molecule has 23 heavy (non-hydrogen) atoms. The molecule has 0 N–H and O–H groups in total. The summed E-state index contributed by atoms with van der Waals surface area (Å²) in [5, 5.41) is 11.2. The average Bonchev–Trinajstić information content (AvgIpc) is 2.44. The lowest BCUT2D eigenvalue weighted by atomic mass is 10.0. The van der Waals surface area contributed by atoms with Gasteiger partial charge in [0.05, 0.1) is 31.6 Å². The van der Waals surface area contributed by atoms with Gasteiger partial charge in [0, 0.05) is 5.56 Å². The molecular formula is C13H5Cl3F3NO3. The van der Waals surface area contributed by atoms with Gasteiger partial charge in [0.1, 0.15) is 5.75 Å². The van der Waals surface area contributed by atoms with Crippen LogP contribution in [0.1, 0.15) is 0 Å². The van der Waals surface area contributed by atoms with Gasteiger partial charge in [-0.25, -0.2) is 0 Å². The molecule has 10 heteroatoms. The van der Waals surface area contributed by atoms with Crippen LogP contribution in [0.15, 0.2) is 30.3 Å². The highest BCUT2D eigenvalue weighted by Crippen LogP contribution is 2.42. The van der Waals surface area contributed by atoms with E-state index in [0.29, 0.717) is 6.07 Å². The Balaban J connectivity index is 2.60. The fraction of sp³-hybridized carbons (Fsp3) is 0.0769. The van der Waals surface area contributed by atoms with E-state index in [-0.39, 0.29) is 26.2 Å². The van der Waals surface area contributed by atoms with Crippen molar-refractivity contribution in [2.24, 2.45) is 0 Å². The Hall–Kier alpha value is -1.70. The lowest BCUT2D eigenvalue weighted by Gasteiger charge is -2.11. The smallest absolute Gasteiger partial charge is 0.406 e. The van der Waals surface area contributed by atoms with E-state index in [0.717, 1.165) is 12.1 Å². The van der Waals surface area contributed by atoms with Crippen LogP contribution in [0.3, 0.4) is 0 Å². The van der Waals surface area contributed by atoms with Crippen LogP contribution in [-0.4, -0.2) is 11.3 Å². The average molecular weight is 387 g/mol. The molecule has 0 amide bonds. The first-order valence-corrected chi connectivity index (χ1v) is 6.91. The summed E-state index contributed by atoms with van der Waals surface area (Å²) in [5.74, 6) is -0.718. The molecular weight excluding hydrogens is 382 g/mol. The second-order valence-corrected chi connectivity index (χ2v) is 5.37. The van der Waals surface area contributed by atoms with Crippen LogP contribution < -0.4 is 4.74 Å². The lowest BCUT2D eigenvalue weighted by Crippen LogP contribution is -2.17. The molecule has 0 heterocycles. The summed E-state index contributed by atoms with van der Waals surface area (Å²) < 4.78 is 40.3. The minimum absolute atomic E-state index is 0.0178. The van der Waals surface area contributed by atoms with E-state index < -0.39 is 22.7 Å². The maximum absolute atomic E-state index is 12.2. The maximum atomic E-state index is 12.2. The molecule has 2 rings (SSSR count). The predicted octanol–water partition coefficient (Wildman–Crippen LogP) is 6.12. The van der Waals surface area contributed by atoms with Gasteiger partial charge in [-0.2, -0.15) is 0 Å².